The van der Waals surface area contributed by atoms with E-state index in [2.05, 4.69) is 92.2 Å². The third kappa shape index (κ3) is 6.03. The van der Waals surface area contributed by atoms with Crippen LogP contribution in [0.4, 0.5) is 16.2 Å². The van der Waals surface area contributed by atoms with Gasteiger partial charge in [-0.15, -0.1) is 0 Å². The lowest BCUT2D eigenvalue weighted by atomic mass is 9.58. The molecule has 3 aromatic rings. The normalized spacial score (nSPS) is 22.9. The minimum atomic E-state index is -0.317. The van der Waals surface area contributed by atoms with E-state index in [1.54, 1.807) is 7.05 Å². The first kappa shape index (κ1) is 29.3. The highest BCUT2D eigenvalue weighted by molar-refractivity contribution is 5.67. The number of aryl methyl sites for hydroxylation is 1. The highest BCUT2D eigenvalue weighted by Crippen LogP contribution is 2.52. The summed E-state index contributed by atoms with van der Waals surface area (Å²) in [6, 6.07) is 23.5. The molecule has 1 aliphatic carbocycles. The average Bonchev–Trinajstić information content (AvgIpc) is 3.66. The van der Waals surface area contributed by atoms with E-state index in [0.717, 1.165) is 71.4 Å². The van der Waals surface area contributed by atoms with Gasteiger partial charge in [0.05, 0.1) is 6.57 Å². The van der Waals surface area contributed by atoms with Gasteiger partial charge < -0.3 is 24.4 Å². The number of amides is 1. The minimum Gasteiger partial charge on any atom is -0.446 e. The Kier molecular flexibility index (Phi) is 8.76. The summed E-state index contributed by atoms with van der Waals surface area (Å²) in [4.78, 5) is 21.1. The zero-order valence-corrected chi connectivity index (χ0v) is 25.6. The summed E-state index contributed by atoms with van der Waals surface area (Å²) in [7, 11) is 1.66. The molecular weight excluding hydrogens is 534 g/mol. The number of nitrogens with zero attached hydrogens (tertiary/aromatic N) is 4. The Hall–Kier alpha value is -3.76. The molecule has 1 saturated carbocycles. The lowest BCUT2D eigenvalue weighted by molar-refractivity contribution is 0.00188. The number of piperidine rings is 1. The highest BCUT2D eigenvalue weighted by atomic mass is 16.6. The van der Waals surface area contributed by atoms with Crippen molar-refractivity contribution in [3.63, 3.8) is 0 Å². The molecule has 2 saturated heterocycles. The number of benzene rings is 2. The molecular formula is C36H45N5O2. The van der Waals surface area contributed by atoms with Crippen LogP contribution in [0.1, 0.15) is 43.4 Å². The number of carbonyl (C=O) groups excluding carboxylic acids is 1. The van der Waals surface area contributed by atoms with Crippen LogP contribution < -0.4 is 10.2 Å². The van der Waals surface area contributed by atoms with Crippen LogP contribution in [0, 0.1) is 31.2 Å². The predicted octanol–water partition coefficient (Wildman–Crippen LogP) is 6.66. The van der Waals surface area contributed by atoms with Crippen LogP contribution in [0.5, 0.6) is 0 Å². The van der Waals surface area contributed by atoms with E-state index in [-0.39, 0.29) is 23.5 Å². The highest BCUT2D eigenvalue weighted by Gasteiger charge is 2.53. The summed E-state index contributed by atoms with van der Waals surface area (Å²) < 4.78 is 8.54. The SMILES string of the molecule is [C-]#[N+]c1ccc(N2CC(CN3CCC(C(Cn4cccc4C)(c4ccccc4)[C@H]4CCC[C@@H]4OC(=O)NC)CC3)C2)cc1. The summed E-state index contributed by atoms with van der Waals surface area (Å²) in [6.45, 7) is 15.8. The van der Waals surface area contributed by atoms with E-state index in [1.165, 1.54) is 16.9 Å². The van der Waals surface area contributed by atoms with Gasteiger partial charge in [0.25, 0.3) is 0 Å². The van der Waals surface area contributed by atoms with E-state index in [1.807, 2.05) is 12.1 Å². The van der Waals surface area contributed by atoms with Gasteiger partial charge in [-0.1, -0.05) is 42.5 Å². The lowest BCUT2D eigenvalue weighted by Gasteiger charge is -2.51. The van der Waals surface area contributed by atoms with Gasteiger partial charge in [-0.25, -0.2) is 9.64 Å². The predicted molar refractivity (Wildman–Crippen MR) is 172 cm³/mol. The first-order valence-corrected chi connectivity index (χ1v) is 16.0. The van der Waals surface area contributed by atoms with Crippen molar-refractivity contribution in [3.05, 3.63) is 95.6 Å². The van der Waals surface area contributed by atoms with Crippen molar-refractivity contribution < 1.29 is 9.53 Å². The molecule has 7 heteroatoms. The van der Waals surface area contributed by atoms with Crippen molar-refractivity contribution in [2.24, 2.45) is 17.8 Å². The van der Waals surface area contributed by atoms with Gasteiger partial charge >= 0.3 is 6.09 Å². The van der Waals surface area contributed by atoms with Gasteiger partial charge in [0.2, 0.25) is 0 Å². The number of likely N-dealkylation sites (tertiary alicyclic amines) is 1. The average molecular weight is 580 g/mol. The molecule has 7 nitrogen and oxygen atoms in total. The Morgan fingerprint density at radius 3 is 2.40 bits per heavy atom. The zero-order chi connectivity index (χ0) is 29.8. The number of carbonyl (C=O) groups is 1. The van der Waals surface area contributed by atoms with Crippen LogP contribution in [0.25, 0.3) is 4.85 Å². The van der Waals surface area contributed by atoms with E-state index in [4.69, 9.17) is 11.3 Å². The van der Waals surface area contributed by atoms with Crippen LogP contribution in [0.3, 0.4) is 0 Å². The standard InChI is InChI=1S/C36H45N5O2/c1-27-9-8-20-40(27)26-36(29-10-5-4-6-11-29,33-12-7-13-34(33)43-35(42)38-3)30-18-21-39(22-19-30)23-28-24-41(25-28)32-16-14-31(37-2)15-17-32/h4-6,8-11,14-17,20,28,30,33-34H,7,12-13,18-19,21-26H2,1,3H3,(H,38,42)/t33-,34-,36?/m0/s1. The number of hydrogen-bond acceptors (Lipinski definition) is 4. The topological polar surface area (TPSA) is 54.1 Å². The molecule has 43 heavy (non-hydrogen) atoms. The molecule has 1 aromatic heterocycles. The van der Waals surface area contributed by atoms with Crippen molar-refractivity contribution in [1.82, 2.24) is 14.8 Å². The molecule has 6 rings (SSSR count). The van der Waals surface area contributed by atoms with Gasteiger partial charge in [0.15, 0.2) is 5.69 Å². The Labute approximate surface area is 256 Å². The summed E-state index contributed by atoms with van der Waals surface area (Å²) >= 11 is 0. The molecule has 1 unspecified atom stereocenters. The molecule has 1 amide bonds. The number of hydrogen-bond donors (Lipinski definition) is 1. The van der Waals surface area contributed by atoms with Crippen LogP contribution in [0.15, 0.2) is 72.9 Å². The minimum absolute atomic E-state index is 0.0844. The molecule has 1 N–H and O–H groups in total. The quantitative estimate of drug-likeness (QED) is 0.288. The summed E-state index contributed by atoms with van der Waals surface area (Å²) in [6.07, 6.45) is 7.20. The van der Waals surface area contributed by atoms with Gasteiger partial charge in [-0.05, 0) is 87.9 Å². The lowest BCUT2D eigenvalue weighted by Crippen LogP contribution is -2.55. The third-order valence-corrected chi connectivity index (χ3v) is 10.5. The maximum atomic E-state index is 12.5. The fourth-order valence-electron chi connectivity index (χ4n) is 8.28. The zero-order valence-electron chi connectivity index (χ0n) is 25.6. The third-order valence-electron chi connectivity index (χ3n) is 10.5. The van der Waals surface area contributed by atoms with Crippen molar-refractivity contribution in [3.8, 4) is 0 Å². The molecule has 2 aromatic carbocycles. The Bertz CT molecular complexity index is 1400. The first-order valence-electron chi connectivity index (χ1n) is 16.0. The van der Waals surface area contributed by atoms with Crippen LogP contribution in [-0.2, 0) is 16.7 Å². The molecule has 226 valence electrons. The molecule has 0 spiro atoms. The fourth-order valence-corrected chi connectivity index (χ4v) is 8.28. The number of aromatic nitrogens is 1. The molecule has 3 fully saturated rings. The van der Waals surface area contributed by atoms with Crippen molar-refractivity contribution in [2.45, 2.75) is 57.1 Å². The Balaban J connectivity index is 1.20. The summed E-state index contributed by atoms with van der Waals surface area (Å²) in [5.41, 5.74) is 4.46. The van der Waals surface area contributed by atoms with Crippen LogP contribution in [0.2, 0.25) is 0 Å². The second kappa shape index (κ2) is 12.9. The smallest absolute Gasteiger partial charge is 0.407 e. The molecule has 0 bridgehead atoms. The van der Waals surface area contributed by atoms with Gasteiger partial charge in [-0.3, -0.25) is 0 Å². The van der Waals surface area contributed by atoms with Crippen molar-refractivity contribution >= 4 is 17.5 Å². The molecule has 0 radical (unpaired) electrons. The summed E-state index contributed by atoms with van der Waals surface area (Å²) in [5, 5.41) is 2.70. The van der Waals surface area contributed by atoms with Gasteiger partial charge in [-0.2, -0.15) is 0 Å². The maximum Gasteiger partial charge on any atom is 0.407 e. The number of alkyl carbamates (subject to hydrolysis) is 1. The number of ether oxygens (including phenoxy) is 1. The second-order valence-electron chi connectivity index (χ2n) is 12.9. The first-order chi connectivity index (χ1) is 21.0. The van der Waals surface area contributed by atoms with Crippen molar-refractivity contribution in [2.75, 3.05) is 44.7 Å². The van der Waals surface area contributed by atoms with Crippen LogP contribution >= 0.6 is 0 Å². The van der Waals surface area contributed by atoms with E-state index in [0.29, 0.717) is 17.5 Å². The van der Waals surface area contributed by atoms with Crippen molar-refractivity contribution in [1.29, 1.82) is 0 Å². The van der Waals surface area contributed by atoms with E-state index < -0.39 is 0 Å². The van der Waals surface area contributed by atoms with E-state index >= 15 is 0 Å². The van der Waals surface area contributed by atoms with Gasteiger partial charge in [0, 0.05) is 68.1 Å². The fraction of sp³-hybridized carbons (Fsp3) is 0.500. The van der Waals surface area contributed by atoms with Gasteiger partial charge in [0.1, 0.15) is 6.10 Å². The Morgan fingerprint density at radius 1 is 1.00 bits per heavy atom. The monoisotopic (exact) mass is 579 g/mol. The van der Waals surface area contributed by atoms with E-state index in [9.17, 15) is 4.79 Å². The molecule has 3 aliphatic rings. The van der Waals surface area contributed by atoms with Crippen LogP contribution in [-0.4, -0.2) is 61.4 Å². The molecule has 3 heterocycles. The maximum absolute atomic E-state index is 12.5. The molecule has 3 atom stereocenters. The second-order valence-corrected chi connectivity index (χ2v) is 12.9. The number of anilines is 1. The Morgan fingerprint density at radius 2 is 1.74 bits per heavy atom. The molecule has 2 aliphatic heterocycles. The summed E-state index contributed by atoms with van der Waals surface area (Å²) in [5.74, 6) is 1.43. The number of nitrogens with one attached hydrogen (secondary N) is 1. The largest absolute Gasteiger partial charge is 0.446 e. The number of rotatable bonds is 9.